The maximum atomic E-state index is 13.6. The van der Waals surface area contributed by atoms with Crippen LogP contribution >= 0.6 is 11.3 Å². The van der Waals surface area contributed by atoms with Gasteiger partial charge in [0, 0.05) is 36.1 Å². The van der Waals surface area contributed by atoms with Crippen molar-refractivity contribution in [3.63, 3.8) is 0 Å². The van der Waals surface area contributed by atoms with Gasteiger partial charge in [0.05, 0.1) is 25.3 Å². The molecule has 1 unspecified atom stereocenters. The Morgan fingerprint density at radius 3 is 2.76 bits per heavy atom. The highest BCUT2D eigenvalue weighted by Crippen LogP contribution is 2.24. The van der Waals surface area contributed by atoms with Crippen LogP contribution in [-0.2, 0) is 25.5 Å². The van der Waals surface area contributed by atoms with Crippen LogP contribution in [0.1, 0.15) is 50.5 Å². The van der Waals surface area contributed by atoms with Gasteiger partial charge < -0.3 is 29.6 Å². The summed E-state index contributed by atoms with van der Waals surface area (Å²) in [5.41, 5.74) is 2.12. The molecular weight excluding hydrogens is 544 g/mol. The quantitative estimate of drug-likeness (QED) is 0.231. The molecule has 5 rings (SSSR count). The topological polar surface area (TPSA) is 129 Å². The normalized spacial score (nSPS) is 18.0. The van der Waals surface area contributed by atoms with Gasteiger partial charge in [-0.1, -0.05) is 0 Å². The average molecular weight is 581 g/mol. The Bertz CT molecular complexity index is 1430. The van der Waals surface area contributed by atoms with Crippen LogP contribution in [0.2, 0.25) is 0 Å². The molecule has 2 aliphatic heterocycles. The number of aliphatic imine (C=N–C) groups is 1. The molecule has 0 radical (unpaired) electrons. The van der Waals surface area contributed by atoms with E-state index in [4.69, 9.17) is 14.1 Å². The minimum Gasteiger partial charge on any atom is -0.466 e. The molecule has 11 nitrogen and oxygen atoms in total. The predicted octanol–water partition coefficient (Wildman–Crippen LogP) is 4.19. The largest absolute Gasteiger partial charge is 0.466 e. The van der Waals surface area contributed by atoms with Gasteiger partial charge in [0.25, 0.3) is 0 Å². The molecule has 2 N–H and O–H groups in total. The first-order chi connectivity index (χ1) is 19.9. The molecule has 12 heteroatoms. The number of fused-ring (bicyclic) bond motifs is 1. The fraction of sp³-hybridized carbons (Fsp3) is 0.483. The van der Waals surface area contributed by atoms with Crippen LogP contribution in [0, 0.1) is 6.92 Å². The molecule has 2 amide bonds. The van der Waals surface area contributed by atoms with Crippen molar-refractivity contribution in [3.8, 4) is 0 Å². The van der Waals surface area contributed by atoms with E-state index in [9.17, 15) is 14.4 Å². The highest BCUT2D eigenvalue weighted by Gasteiger charge is 2.30. The number of thiazole rings is 1. The summed E-state index contributed by atoms with van der Waals surface area (Å²) in [5.74, 6) is 0.672. The van der Waals surface area contributed by atoms with Crippen molar-refractivity contribution >= 4 is 56.9 Å². The van der Waals surface area contributed by atoms with Crippen molar-refractivity contribution in [3.05, 3.63) is 41.1 Å². The summed E-state index contributed by atoms with van der Waals surface area (Å²) >= 11 is 1.33. The number of aromatic nitrogens is 1. The van der Waals surface area contributed by atoms with E-state index >= 15 is 0 Å². The first-order valence-electron chi connectivity index (χ1n) is 14.2. The van der Waals surface area contributed by atoms with E-state index in [-0.39, 0.29) is 30.7 Å². The van der Waals surface area contributed by atoms with E-state index in [0.717, 1.165) is 61.2 Å². The first kappa shape index (κ1) is 28.6. The molecule has 4 heterocycles. The lowest BCUT2D eigenvalue weighted by Gasteiger charge is -2.25. The van der Waals surface area contributed by atoms with Crippen molar-refractivity contribution in [2.45, 2.75) is 58.4 Å². The summed E-state index contributed by atoms with van der Waals surface area (Å²) in [6, 6.07) is 7.01. The van der Waals surface area contributed by atoms with E-state index in [1.54, 1.807) is 17.2 Å². The molecule has 2 aromatic heterocycles. The zero-order valence-corrected chi connectivity index (χ0v) is 24.3. The van der Waals surface area contributed by atoms with E-state index in [2.05, 4.69) is 15.6 Å². The second-order valence-corrected chi connectivity index (χ2v) is 11.2. The molecule has 1 aromatic carbocycles. The van der Waals surface area contributed by atoms with Gasteiger partial charge in [0.1, 0.15) is 17.4 Å². The van der Waals surface area contributed by atoms with Crippen LogP contribution in [0.25, 0.3) is 11.0 Å². The molecule has 1 atom stereocenters. The lowest BCUT2D eigenvalue weighted by atomic mass is 10.1. The molecule has 0 aliphatic carbocycles. The Balaban J connectivity index is 1.37. The smallest absolute Gasteiger partial charge is 0.311 e. The van der Waals surface area contributed by atoms with Gasteiger partial charge in [-0.3, -0.25) is 14.4 Å². The van der Waals surface area contributed by atoms with Crippen molar-refractivity contribution in [1.29, 1.82) is 0 Å². The Labute approximate surface area is 242 Å². The summed E-state index contributed by atoms with van der Waals surface area (Å²) in [5, 5.41) is 9.79. The molecule has 2 aliphatic rings. The van der Waals surface area contributed by atoms with Gasteiger partial charge in [-0.2, -0.15) is 0 Å². The number of nitrogens with one attached hydrogen (secondary N) is 2. The number of guanidine groups is 1. The number of benzene rings is 1. The second-order valence-electron chi connectivity index (χ2n) is 10.3. The molecule has 2 fully saturated rings. The third-order valence-corrected chi connectivity index (χ3v) is 7.94. The minimum absolute atomic E-state index is 0.00224. The van der Waals surface area contributed by atoms with Gasteiger partial charge in [-0.15, -0.1) is 11.3 Å². The predicted molar refractivity (Wildman–Crippen MR) is 158 cm³/mol. The molecule has 0 spiro atoms. The van der Waals surface area contributed by atoms with Gasteiger partial charge in [0.15, 0.2) is 5.13 Å². The van der Waals surface area contributed by atoms with Crippen molar-refractivity contribution in [2.75, 3.05) is 43.4 Å². The maximum Gasteiger partial charge on any atom is 0.311 e. The number of carbonyl (C=O) groups excluding carboxylic acids is 3. The zero-order valence-electron chi connectivity index (χ0n) is 23.5. The number of carbonyl (C=O) groups is 3. The number of esters is 1. The van der Waals surface area contributed by atoms with Gasteiger partial charge in [-0.25, -0.2) is 9.98 Å². The fourth-order valence-corrected chi connectivity index (χ4v) is 5.85. The Kier molecular flexibility index (Phi) is 9.17. The van der Waals surface area contributed by atoms with Crippen molar-refractivity contribution in [1.82, 2.24) is 14.8 Å². The fourth-order valence-electron chi connectivity index (χ4n) is 5.14. The van der Waals surface area contributed by atoms with E-state index in [0.29, 0.717) is 36.4 Å². The van der Waals surface area contributed by atoms with Crippen LogP contribution in [0.3, 0.4) is 0 Å². The molecule has 0 saturated carbocycles. The number of anilines is 2. The number of hydrogen-bond donors (Lipinski definition) is 2. The van der Waals surface area contributed by atoms with Crippen molar-refractivity contribution in [2.24, 2.45) is 4.99 Å². The number of ether oxygens (including phenoxy) is 1. The van der Waals surface area contributed by atoms with Crippen molar-refractivity contribution < 1.29 is 23.5 Å². The number of hydrogen-bond acceptors (Lipinski definition) is 8. The second kappa shape index (κ2) is 13.2. The molecule has 3 aromatic rings. The summed E-state index contributed by atoms with van der Waals surface area (Å²) in [7, 11) is 0. The standard InChI is InChI=1S/C29H36N6O5S/c1-3-39-26(37)16-22-18-41-29(31-22)33-28(30-21-9-10-24-20(15-21)14-19(2)40-24)32-23-8-4-5-13-35(27(23)38)17-25(36)34-11-6-7-12-34/h9-10,14-15,18,23H,3-8,11-13,16-17H2,1-2H3,(H2,30,31,32,33). The number of aryl methyl sites for hydroxylation is 1. The van der Waals surface area contributed by atoms with Crippen LogP contribution in [-0.4, -0.2) is 77.4 Å². The molecule has 2 saturated heterocycles. The van der Waals surface area contributed by atoms with Gasteiger partial charge >= 0.3 is 5.97 Å². The monoisotopic (exact) mass is 580 g/mol. The maximum absolute atomic E-state index is 13.6. The Morgan fingerprint density at radius 1 is 1.15 bits per heavy atom. The van der Waals surface area contributed by atoms with Gasteiger partial charge in [0.2, 0.25) is 17.8 Å². The Hall–Kier alpha value is -3.93. The highest BCUT2D eigenvalue weighted by atomic mass is 32.1. The summed E-state index contributed by atoms with van der Waals surface area (Å²) in [6.45, 7) is 6.11. The average Bonchev–Trinajstić information content (AvgIpc) is 3.68. The van der Waals surface area contributed by atoms with E-state index < -0.39 is 6.04 Å². The number of nitrogens with zero attached hydrogens (tertiary/aromatic N) is 4. The van der Waals surface area contributed by atoms with Crippen LogP contribution in [0.5, 0.6) is 0 Å². The third kappa shape index (κ3) is 7.43. The number of amides is 2. The summed E-state index contributed by atoms with van der Waals surface area (Å²) in [6.07, 6.45) is 4.31. The van der Waals surface area contributed by atoms with E-state index in [1.807, 2.05) is 36.1 Å². The van der Waals surface area contributed by atoms with E-state index in [1.165, 1.54) is 11.3 Å². The van der Waals surface area contributed by atoms with Crippen LogP contribution < -0.4 is 10.6 Å². The summed E-state index contributed by atoms with van der Waals surface area (Å²) < 4.78 is 10.7. The molecule has 218 valence electrons. The Morgan fingerprint density at radius 2 is 1.95 bits per heavy atom. The number of likely N-dealkylation sites (tertiary alicyclic amines) is 2. The van der Waals surface area contributed by atoms with Crippen LogP contribution in [0.4, 0.5) is 10.8 Å². The molecule has 41 heavy (non-hydrogen) atoms. The lowest BCUT2D eigenvalue weighted by molar-refractivity contribution is -0.142. The third-order valence-electron chi connectivity index (χ3n) is 7.13. The van der Waals surface area contributed by atoms with Gasteiger partial charge in [-0.05, 0) is 70.2 Å². The zero-order chi connectivity index (χ0) is 28.8. The molecular formula is C29H36N6O5S. The SMILES string of the molecule is CCOC(=O)Cc1csc(NC(=NC2CCCCN(CC(=O)N3CCCC3)C2=O)Nc2ccc3oc(C)cc3c2)n1. The number of furan rings is 1. The van der Waals surface area contributed by atoms with Crippen LogP contribution in [0.15, 0.2) is 39.1 Å². The molecule has 0 bridgehead atoms. The lowest BCUT2D eigenvalue weighted by Crippen LogP contribution is -2.45. The highest BCUT2D eigenvalue weighted by molar-refractivity contribution is 7.14. The summed E-state index contributed by atoms with van der Waals surface area (Å²) in [4.78, 5) is 51.2. The number of rotatable bonds is 8. The first-order valence-corrected chi connectivity index (χ1v) is 15.0. The minimum atomic E-state index is -0.655.